The van der Waals surface area contributed by atoms with E-state index < -0.39 is 44.4 Å². The Balaban J connectivity index is 1.99. The van der Waals surface area contributed by atoms with E-state index in [4.69, 9.17) is 5.11 Å². The maximum atomic E-state index is 12.4. The van der Waals surface area contributed by atoms with Crippen molar-refractivity contribution in [1.29, 1.82) is 0 Å². The SMILES string of the molecule is CS(=O)(=O)Nc1ccc(S(=O)(=O)NCc2ccc(C(=O)N[C@H](C=O)CC(=O)O)cn2)cc1. The minimum absolute atomic E-state index is 0.0582. The van der Waals surface area contributed by atoms with Crippen molar-refractivity contribution in [3.63, 3.8) is 0 Å². The Morgan fingerprint density at radius 3 is 2.25 bits per heavy atom. The zero-order chi connectivity index (χ0) is 23.9. The number of amides is 1. The van der Waals surface area contributed by atoms with Gasteiger partial charge in [0.05, 0.1) is 41.4 Å². The Labute approximate surface area is 184 Å². The van der Waals surface area contributed by atoms with Crippen molar-refractivity contribution in [2.24, 2.45) is 0 Å². The summed E-state index contributed by atoms with van der Waals surface area (Å²) >= 11 is 0. The fourth-order valence-corrected chi connectivity index (χ4v) is 3.97. The van der Waals surface area contributed by atoms with Crippen LogP contribution in [0.3, 0.4) is 0 Å². The average molecular weight is 485 g/mol. The number of sulfonamides is 2. The Bertz CT molecular complexity index is 1190. The van der Waals surface area contributed by atoms with Gasteiger partial charge in [-0.05, 0) is 36.4 Å². The highest BCUT2D eigenvalue weighted by Crippen LogP contribution is 2.15. The van der Waals surface area contributed by atoms with Gasteiger partial charge in [0.2, 0.25) is 20.0 Å². The second-order valence-electron chi connectivity index (χ2n) is 6.58. The van der Waals surface area contributed by atoms with Gasteiger partial charge in [0, 0.05) is 11.9 Å². The molecule has 0 aliphatic heterocycles. The number of aromatic nitrogens is 1. The maximum Gasteiger partial charge on any atom is 0.305 e. The monoisotopic (exact) mass is 484 g/mol. The molecule has 14 heteroatoms. The minimum Gasteiger partial charge on any atom is -0.481 e. The molecule has 2 rings (SSSR count). The lowest BCUT2D eigenvalue weighted by molar-refractivity contribution is -0.138. The van der Waals surface area contributed by atoms with E-state index in [2.05, 4.69) is 19.7 Å². The largest absolute Gasteiger partial charge is 0.481 e. The summed E-state index contributed by atoms with van der Waals surface area (Å²) < 4.78 is 51.8. The number of anilines is 1. The number of carbonyl (C=O) groups is 3. The molecule has 12 nitrogen and oxygen atoms in total. The van der Waals surface area contributed by atoms with Crippen LogP contribution in [-0.4, -0.2) is 57.4 Å². The number of benzene rings is 1. The lowest BCUT2D eigenvalue weighted by Gasteiger charge is -2.11. The number of nitrogens with zero attached hydrogens (tertiary/aromatic N) is 1. The number of nitrogens with one attached hydrogen (secondary N) is 3. The molecule has 4 N–H and O–H groups in total. The van der Waals surface area contributed by atoms with Crippen LogP contribution in [0.5, 0.6) is 0 Å². The van der Waals surface area contributed by atoms with Gasteiger partial charge in [-0.2, -0.15) is 0 Å². The van der Waals surface area contributed by atoms with Crippen LogP contribution >= 0.6 is 0 Å². The number of carboxylic acid groups (broad SMARTS) is 1. The number of hydrogen-bond acceptors (Lipinski definition) is 8. The number of aliphatic carboxylic acids is 1. The molecule has 172 valence electrons. The van der Waals surface area contributed by atoms with Crippen molar-refractivity contribution in [3.05, 3.63) is 53.9 Å². The fraction of sp³-hybridized carbons (Fsp3) is 0.222. The van der Waals surface area contributed by atoms with E-state index in [1.807, 2.05) is 0 Å². The van der Waals surface area contributed by atoms with Gasteiger partial charge in [-0.3, -0.25) is 19.3 Å². The van der Waals surface area contributed by atoms with Gasteiger partial charge < -0.3 is 15.2 Å². The van der Waals surface area contributed by atoms with E-state index in [1.165, 1.54) is 36.4 Å². The van der Waals surface area contributed by atoms with E-state index in [0.29, 0.717) is 6.29 Å². The Hall–Kier alpha value is -3.36. The van der Waals surface area contributed by atoms with Crippen LogP contribution in [0.4, 0.5) is 5.69 Å². The highest BCUT2D eigenvalue weighted by atomic mass is 32.2. The van der Waals surface area contributed by atoms with Crippen LogP contribution in [0.2, 0.25) is 0 Å². The summed E-state index contributed by atoms with van der Waals surface area (Å²) in [4.78, 5) is 37.5. The van der Waals surface area contributed by atoms with Crippen molar-refractivity contribution < 1.29 is 36.3 Å². The molecule has 0 radical (unpaired) electrons. The summed E-state index contributed by atoms with van der Waals surface area (Å²) in [6.45, 7) is -0.191. The summed E-state index contributed by atoms with van der Waals surface area (Å²) in [5.41, 5.74) is 0.558. The average Bonchev–Trinajstić information content (AvgIpc) is 2.71. The molecule has 0 fully saturated rings. The molecular weight excluding hydrogens is 464 g/mol. The lowest BCUT2D eigenvalue weighted by atomic mass is 10.2. The first kappa shape index (κ1) is 24.9. The van der Waals surface area contributed by atoms with Crippen molar-refractivity contribution in [2.45, 2.75) is 23.9 Å². The zero-order valence-electron chi connectivity index (χ0n) is 16.7. The Morgan fingerprint density at radius 1 is 1.09 bits per heavy atom. The van der Waals surface area contributed by atoms with E-state index in [-0.39, 0.29) is 28.4 Å². The van der Waals surface area contributed by atoms with Crippen molar-refractivity contribution in [2.75, 3.05) is 11.0 Å². The highest BCUT2D eigenvalue weighted by molar-refractivity contribution is 7.92. The quantitative estimate of drug-likeness (QED) is 0.310. The first-order chi connectivity index (χ1) is 14.9. The van der Waals surface area contributed by atoms with Crippen LogP contribution in [0.15, 0.2) is 47.5 Å². The summed E-state index contributed by atoms with van der Waals surface area (Å²) in [5, 5.41) is 10.9. The van der Waals surface area contributed by atoms with E-state index in [1.54, 1.807) is 0 Å². The van der Waals surface area contributed by atoms with Gasteiger partial charge in [-0.15, -0.1) is 0 Å². The molecule has 32 heavy (non-hydrogen) atoms. The standard InChI is InChI=1S/C18H20N4O8S2/c1-31(27,28)22-13-4-6-16(7-5-13)32(29,30)20-10-14-3-2-12(9-19-14)18(26)21-15(11-23)8-17(24)25/h2-7,9,11,15,20,22H,8,10H2,1H3,(H,21,26)(H,24,25)/t15-/m0/s1. The topological polar surface area (TPSA) is 189 Å². The number of carboxylic acids is 1. The predicted molar refractivity (Wildman–Crippen MR) is 113 cm³/mol. The molecule has 1 aromatic carbocycles. The van der Waals surface area contributed by atoms with Crippen LogP contribution in [0.25, 0.3) is 0 Å². The normalized spacial score (nSPS) is 12.5. The Kier molecular flexibility index (Phi) is 8.02. The fourth-order valence-electron chi connectivity index (χ4n) is 2.40. The van der Waals surface area contributed by atoms with E-state index in [0.717, 1.165) is 12.5 Å². The highest BCUT2D eigenvalue weighted by Gasteiger charge is 2.17. The molecule has 2 aromatic rings. The second-order valence-corrected chi connectivity index (χ2v) is 10.1. The zero-order valence-corrected chi connectivity index (χ0v) is 18.3. The molecule has 1 atom stereocenters. The van der Waals surface area contributed by atoms with Crippen LogP contribution in [-0.2, 0) is 36.2 Å². The van der Waals surface area contributed by atoms with Crippen LogP contribution in [0, 0.1) is 0 Å². The number of rotatable bonds is 11. The van der Waals surface area contributed by atoms with Crippen molar-refractivity contribution in [3.8, 4) is 0 Å². The summed E-state index contributed by atoms with van der Waals surface area (Å²) in [6.07, 6.45) is 1.88. The van der Waals surface area contributed by atoms with Gasteiger partial charge in [0.25, 0.3) is 5.91 Å². The van der Waals surface area contributed by atoms with Gasteiger partial charge >= 0.3 is 5.97 Å². The second kappa shape index (κ2) is 10.3. The van der Waals surface area contributed by atoms with Gasteiger partial charge in [0.15, 0.2) is 0 Å². The third-order valence-corrected chi connectivity index (χ3v) is 5.90. The van der Waals surface area contributed by atoms with E-state index >= 15 is 0 Å². The molecule has 0 aliphatic carbocycles. The van der Waals surface area contributed by atoms with Crippen LogP contribution < -0.4 is 14.8 Å². The first-order valence-corrected chi connectivity index (χ1v) is 12.3. The number of carbonyl (C=O) groups excluding carboxylic acids is 2. The summed E-state index contributed by atoms with van der Waals surface area (Å²) in [5.74, 6) is -1.95. The molecule has 0 saturated carbocycles. The van der Waals surface area contributed by atoms with E-state index in [9.17, 15) is 31.2 Å². The number of hydrogen-bond donors (Lipinski definition) is 4. The first-order valence-electron chi connectivity index (χ1n) is 8.90. The van der Waals surface area contributed by atoms with Gasteiger partial charge in [-0.1, -0.05) is 0 Å². The molecule has 1 aromatic heterocycles. The molecule has 0 spiro atoms. The third-order valence-electron chi connectivity index (χ3n) is 3.87. The molecule has 0 aliphatic rings. The summed E-state index contributed by atoms with van der Waals surface area (Å²) in [7, 11) is -7.41. The van der Waals surface area contributed by atoms with Crippen molar-refractivity contribution >= 4 is 43.9 Å². The third kappa shape index (κ3) is 7.72. The Morgan fingerprint density at radius 2 is 1.75 bits per heavy atom. The van der Waals surface area contributed by atoms with Gasteiger partial charge in [0.1, 0.15) is 6.29 Å². The predicted octanol–water partition coefficient (Wildman–Crippen LogP) is -0.296. The molecule has 0 bridgehead atoms. The molecular formula is C18H20N4O8S2. The number of aldehydes is 1. The smallest absolute Gasteiger partial charge is 0.305 e. The molecule has 0 saturated heterocycles. The maximum absolute atomic E-state index is 12.4. The lowest BCUT2D eigenvalue weighted by Crippen LogP contribution is -2.37. The van der Waals surface area contributed by atoms with Crippen LogP contribution in [0.1, 0.15) is 22.5 Å². The van der Waals surface area contributed by atoms with Gasteiger partial charge in [-0.25, -0.2) is 21.6 Å². The number of pyridine rings is 1. The molecule has 0 unspecified atom stereocenters. The van der Waals surface area contributed by atoms with Crippen molar-refractivity contribution in [1.82, 2.24) is 15.0 Å². The summed E-state index contributed by atoms with van der Waals surface area (Å²) in [6, 6.07) is 6.63. The molecule has 1 amide bonds. The minimum atomic E-state index is -3.92. The molecule has 1 heterocycles.